The second-order valence-electron chi connectivity index (χ2n) is 6.75. The number of quaternary nitrogens is 1. The minimum atomic E-state index is -0.532. The monoisotopic (exact) mass is 415 g/mol. The van der Waals surface area contributed by atoms with Gasteiger partial charge in [0.2, 0.25) is 0 Å². The van der Waals surface area contributed by atoms with Gasteiger partial charge in [-0.3, -0.25) is 19.8 Å². The number of anilines is 1. The predicted molar refractivity (Wildman–Crippen MR) is 113 cm³/mol. The summed E-state index contributed by atoms with van der Waals surface area (Å²) in [7, 11) is 3.97. The summed E-state index contributed by atoms with van der Waals surface area (Å²) in [5.41, 5.74) is 0.603. The molecule has 0 radical (unpaired) electrons. The summed E-state index contributed by atoms with van der Waals surface area (Å²) in [5.74, 6) is 0.312. The van der Waals surface area contributed by atoms with Crippen LogP contribution in [0.1, 0.15) is 17.3 Å². The van der Waals surface area contributed by atoms with Gasteiger partial charge in [0.15, 0.2) is 5.13 Å². The number of likely N-dealkylation sites (N-methyl/N-ethyl adjacent to an activating group) is 1. The van der Waals surface area contributed by atoms with Crippen LogP contribution >= 0.6 is 11.3 Å². The minimum absolute atomic E-state index is 0.0560. The van der Waals surface area contributed by atoms with Crippen LogP contribution in [0.3, 0.4) is 0 Å². The summed E-state index contributed by atoms with van der Waals surface area (Å²) in [6.45, 7) is 3.54. The molecule has 3 rings (SSSR count). The van der Waals surface area contributed by atoms with Crippen molar-refractivity contribution in [3.05, 3.63) is 58.1 Å². The van der Waals surface area contributed by atoms with Crippen LogP contribution in [-0.2, 0) is 0 Å². The maximum atomic E-state index is 13.3. The Hall–Kier alpha value is -3.04. The lowest BCUT2D eigenvalue weighted by Gasteiger charge is -2.20. The molecule has 0 unspecified atom stereocenters. The molecule has 29 heavy (non-hydrogen) atoms. The Morgan fingerprint density at radius 2 is 2.03 bits per heavy atom. The van der Waals surface area contributed by atoms with Gasteiger partial charge in [-0.05, 0) is 31.2 Å². The summed E-state index contributed by atoms with van der Waals surface area (Å²) in [4.78, 5) is 31.4. The number of amides is 1. The van der Waals surface area contributed by atoms with Crippen molar-refractivity contribution in [3.8, 4) is 5.75 Å². The Bertz CT molecular complexity index is 1030. The van der Waals surface area contributed by atoms with Gasteiger partial charge in [-0.15, -0.1) is 0 Å². The highest BCUT2D eigenvalue weighted by molar-refractivity contribution is 7.22. The lowest BCUT2D eigenvalue weighted by molar-refractivity contribution is -0.856. The first-order valence-electron chi connectivity index (χ1n) is 9.28. The molecule has 8 nitrogen and oxygen atoms in total. The van der Waals surface area contributed by atoms with Gasteiger partial charge in [0.25, 0.3) is 11.6 Å². The number of benzene rings is 2. The molecule has 3 aromatic rings. The third-order valence-corrected chi connectivity index (χ3v) is 5.34. The molecule has 1 amide bonds. The third-order valence-electron chi connectivity index (χ3n) is 4.30. The number of ether oxygens (including phenoxy) is 1. The molecule has 0 saturated carbocycles. The topological polar surface area (TPSA) is 90.0 Å². The van der Waals surface area contributed by atoms with Gasteiger partial charge in [0.1, 0.15) is 11.3 Å². The first kappa shape index (κ1) is 20.7. The number of nitro benzene ring substituents is 1. The molecule has 0 aliphatic rings. The van der Waals surface area contributed by atoms with E-state index in [2.05, 4.69) is 4.98 Å². The molecule has 152 valence electrons. The van der Waals surface area contributed by atoms with Gasteiger partial charge in [0, 0.05) is 6.07 Å². The largest absolute Gasteiger partial charge is 0.494 e. The first-order chi connectivity index (χ1) is 13.9. The molecule has 1 heterocycles. The molecule has 0 atom stereocenters. The average Bonchev–Trinajstić information content (AvgIpc) is 3.11. The number of carbonyl (C=O) groups is 1. The summed E-state index contributed by atoms with van der Waals surface area (Å²) >= 11 is 1.37. The van der Waals surface area contributed by atoms with E-state index in [1.165, 1.54) is 28.4 Å². The van der Waals surface area contributed by atoms with Crippen molar-refractivity contribution in [2.45, 2.75) is 6.92 Å². The number of rotatable bonds is 8. The first-order valence-corrected chi connectivity index (χ1v) is 10.1. The predicted octanol–water partition coefficient (Wildman–Crippen LogP) is 2.39. The van der Waals surface area contributed by atoms with Crippen LogP contribution in [0.2, 0.25) is 0 Å². The second-order valence-corrected chi connectivity index (χ2v) is 7.76. The molecule has 0 aliphatic heterocycles. The smallest absolute Gasteiger partial charge is 0.282 e. The molecule has 0 spiro atoms. The molecule has 1 aromatic heterocycles. The lowest BCUT2D eigenvalue weighted by atomic mass is 10.1. The number of carbonyl (C=O) groups excluding carboxylic acids is 1. The highest BCUT2D eigenvalue weighted by Crippen LogP contribution is 2.33. The van der Waals surface area contributed by atoms with Crippen LogP contribution in [0.4, 0.5) is 10.8 Å². The molecular formula is C20H23N4O4S+. The minimum Gasteiger partial charge on any atom is -0.494 e. The van der Waals surface area contributed by atoms with E-state index in [0.717, 1.165) is 20.9 Å². The molecule has 0 saturated heterocycles. The van der Waals surface area contributed by atoms with Crippen molar-refractivity contribution in [3.63, 3.8) is 0 Å². The quantitative estimate of drug-likeness (QED) is 0.451. The Labute approximate surface area is 172 Å². The van der Waals surface area contributed by atoms with E-state index in [1.807, 2.05) is 39.2 Å². The maximum absolute atomic E-state index is 13.3. The van der Waals surface area contributed by atoms with Crippen LogP contribution in [0.25, 0.3) is 10.2 Å². The summed E-state index contributed by atoms with van der Waals surface area (Å²) < 4.78 is 6.43. The third kappa shape index (κ3) is 4.69. The standard InChI is InChI=1S/C20H22N4O4S/c1-4-28-14-9-10-16-18(13-14)29-20(21-16)23(12-11-22(2)3)19(25)15-7-5-6-8-17(15)24(26)27/h5-10,13H,4,11-12H2,1-3H3/p+1. The molecular weight excluding hydrogens is 392 g/mol. The second kappa shape index (κ2) is 8.97. The normalized spacial score (nSPS) is 11.0. The molecule has 9 heteroatoms. The van der Waals surface area contributed by atoms with Gasteiger partial charge in [-0.1, -0.05) is 23.5 Å². The van der Waals surface area contributed by atoms with Crippen LogP contribution in [-0.4, -0.2) is 49.6 Å². The molecule has 1 N–H and O–H groups in total. The number of hydrogen-bond acceptors (Lipinski definition) is 6. The Morgan fingerprint density at radius 3 is 2.72 bits per heavy atom. The molecule has 0 bridgehead atoms. The zero-order valence-corrected chi connectivity index (χ0v) is 17.4. The number of hydrogen-bond donors (Lipinski definition) is 1. The fourth-order valence-electron chi connectivity index (χ4n) is 2.84. The number of nitrogens with one attached hydrogen (secondary N) is 1. The summed E-state index contributed by atoms with van der Waals surface area (Å²) in [6.07, 6.45) is 0. The molecule has 0 fully saturated rings. The molecule has 0 aliphatic carbocycles. The van der Waals surface area contributed by atoms with Crippen LogP contribution in [0.5, 0.6) is 5.75 Å². The van der Waals surface area contributed by atoms with Crippen LogP contribution in [0.15, 0.2) is 42.5 Å². The van der Waals surface area contributed by atoms with Crippen LogP contribution < -0.4 is 14.5 Å². The Kier molecular flexibility index (Phi) is 6.40. The van der Waals surface area contributed by atoms with E-state index in [-0.39, 0.29) is 11.3 Å². The Morgan fingerprint density at radius 1 is 1.28 bits per heavy atom. The van der Waals surface area contributed by atoms with Crippen molar-refractivity contribution in [2.75, 3.05) is 38.7 Å². The zero-order valence-electron chi connectivity index (χ0n) is 16.5. The van der Waals surface area contributed by atoms with E-state index in [0.29, 0.717) is 24.8 Å². The lowest BCUT2D eigenvalue weighted by Crippen LogP contribution is -3.06. The Balaban J connectivity index is 2.02. The number of fused-ring (bicyclic) bond motifs is 1. The number of nitro groups is 1. The van der Waals surface area contributed by atoms with Gasteiger partial charge < -0.3 is 9.64 Å². The van der Waals surface area contributed by atoms with Crippen molar-refractivity contribution < 1.29 is 19.4 Å². The fourth-order valence-corrected chi connectivity index (χ4v) is 3.86. The highest BCUT2D eigenvalue weighted by atomic mass is 32.1. The number of nitrogens with zero attached hydrogens (tertiary/aromatic N) is 3. The number of aromatic nitrogens is 1. The van der Waals surface area contributed by atoms with Gasteiger partial charge in [0.05, 0.1) is 48.9 Å². The summed E-state index contributed by atoms with van der Waals surface area (Å²) in [6, 6.07) is 11.6. The number of thiazole rings is 1. The van der Waals surface area contributed by atoms with Crippen molar-refractivity contribution in [1.82, 2.24) is 4.98 Å². The van der Waals surface area contributed by atoms with E-state index >= 15 is 0 Å². The van der Waals surface area contributed by atoms with E-state index in [9.17, 15) is 14.9 Å². The van der Waals surface area contributed by atoms with Gasteiger partial charge >= 0.3 is 0 Å². The van der Waals surface area contributed by atoms with E-state index < -0.39 is 10.8 Å². The van der Waals surface area contributed by atoms with Gasteiger partial charge in [-0.2, -0.15) is 0 Å². The average molecular weight is 415 g/mol. The van der Waals surface area contributed by atoms with Crippen molar-refractivity contribution in [2.24, 2.45) is 0 Å². The van der Waals surface area contributed by atoms with E-state index in [4.69, 9.17) is 4.74 Å². The van der Waals surface area contributed by atoms with Crippen molar-refractivity contribution >= 4 is 38.3 Å². The summed E-state index contributed by atoms with van der Waals surface area (Å²) in [5, 5.41) is 11.9. The fraction of sp³-hybridized carbons (Fsp3) is 0.300. The van der Waals surface area contributed by atoms with E-state index in [1.54, 1.807) is 12.1 Å². The van der Waals surface area contributed by atoms with Crippen molar-refractivity contribution in [1.29, 1.82) is 0 Å². The van der Waals surface area contributed by atoms with Crippen LogP contribution in [0, 0.1) is 10.1 Å². The number of para-hydroxylation sites is 1. The zero-order chi connectivity index (χ0) is 21.0. The highest BCUT2D eigenvalue weighted by Gasteiger charge is 2.27. The SMILES string of the molecule is CCOc1ccc2nc(N(CC[NH+](C)C)C(=O)c3ccccc3[N+](=O)[O-])sc2c1. The van der Waals surface area contributed by atoms with Gasteiger partial charge in [-0.25, -0.2) is 4.98 Å². The maximum Gasteiger partial charge on any atom is 0.282 e. The molecule has 2 aromatic carbocycles.